The fourth-order valence-electron chi connectivity index (χ4n) is 2.56. The standard InChI is InChI=1S/C13H25N3O2/c1-4-12-7-13(15-11(3)18)9-16(8-12)6-5-14-10(2)17/h12-13H,4-9H2,1-3H3,(H,14,17)(H,15,18). The maximum absolute atomic E-state index is 11.1. The van der Waals surface area contributed by atoms with Crippen LogP contribution in [0.2, 0.25) is 0 Å². The molecular formula is C13H25N3O2. The zero-order chi connectivity index (χ0) is 13.5. The molecule has 1 heterocycles. The number of amides is 2. The van der Waals surface area contributed by atoms with Gasteiger partial charge in [0.2, 0.25) is 11.8 Å². The molecule has 1 rings (SSSR count). The van der Waals surface area contributed by atoms with Crippen molar-refractivity contribution in [2.75, 3.05) is 26.2 Å². The number of piperidine rings is 1. The predicted molar refractivity (Wildman–Crippen MR) is 71.1 cm³/mol. The Kier molecular flexibility index (Phi) is 6.12. The third-order valence-electron chi connectivity index (χ3n) is 3.40. The molecule has 0 aliphatic carbocycles. The van der Waals surface area contributed by atoms with E-state index in [0.29, 0.717) is 12.5 Å². The number of likely N-dealkylation sites (tertiary alicyclic amines) is 1. The second-order valence-corrected chi connectivity index (χ2v) is 5.15. The van der Waals surface area contributed by atoms with Crippen molar-refractivity contribution < 1.29 is 9.59 Å². The van der Waals surface area contributed by atoms with Crippen molar-refractivity contribution in [1.29, 1.82) is 0 Å². The zero-order valence-corrected chi connectivity index (χ0v) is 11.7. The number of rotatable bonds is 5. The molecule has 1 saturated heterocycles. The van der Waals surface area contributed by atoms with Crippen LogP contribution in [0.25, 0.3) is 0 Å². The first-order chi connectivity index (χ1) is 8.51. The molecule has 1 fully saturated rings. The average Bonchev–Trinajstić information content (AvgIpc) is 2.27. The summed E-state index contributed by atoms with van der Waals surface area (Å²) < 4.78 is 0. The summed E-state index contributed by atoms with van der Waals surface area (Å²) in [4.78, 5) is 24.3. The Morgan fingerprint density at radius 1 is 1.22 bits per heavy atom. The van der Waals surface area contributed by atoms with Crippen molar-refractivity contribution in [2.45, 2.75) is 39.7 Å². The van der Waals surface area contributed by atoms with Gasteiger partial charge >= 0.3 is 0 Å². The molecule has 0 aromatic heterocycles. The number of carbonyl (C=O) groups excluding carboxylic acids is 2. The van der Waals surface area contributed by atoms with E-state index in [0.717, 1.165) is 32.5 Å². The number of nitrogens with zero attached hydrogens (tertiary/aromatic N) is 1. The molecule has 0 aromatic carbocycles. The molecule has 0 radical (unpaired) electrons. The first-order valence-corrected chi connectivity index (χ1v) is 6.75. The van der Waals surface area contributed by atoms with Gasteiger partial charge in [-0.3, -0.25) is 14.5 Å². The van der Waals surface area contributed by atoms with Gasteiger partial charge in [0, 0.05) is 46.1 Å². The van der Waals surface area contributed by atoms with Gasteiger partial charge in [0.05, 0.1) is 0 Å². The molecule has 2 amide bonds. The zero-order valence-electron chi connectivity index (χ0n) is 11.7. The van der Waals surface area contributed by atoms with Gasteiger partial charge in [-0.2, -0.15) is 0 Å². The molecule has 18 heavy (non-hydrogen) atoms. The van der Waals surface area contributed by atoms with Crippen molar-refractivity contribution in [3.63, 3.8) is 0 Å². The summed E-state index contributed by atoms with van der Waals surface area (Å²) >= 11 is 0. The van der Waals surface area contributed by atoms with Crippen LogP contribution < -0.4 is 10.6 Å². The Bertz CT molecular complexity index is 294. The molecule has 0 aromatic rings. The van der Waals surface area contributed by atoms with E-state index in [1.54, 1.807) is 6.92 Å². The van der Waals surface area contributed by atoms with Crippen LogP contribution in [0.3, 0.4) is 0 Å². The highest BCUT2D eigenvalue weighted by Gasteiger charge is 2.26. The molecule has 5 heteroatoms. The Morgan fingerprint density at radius 2 is 1.94 bits per heavy atom. The fourth-order valence-corrected chi connectivity index (χ4v) is 2.56. The Morgan fingerprint density at radius 3 is 2.50 bits per heavy atom. The first kappa shape index (κ1) is 15.0. The van der Waals surface area contributed by atoms with Gasteiger partial charge < -0.3 is 10.6 Å². The normalized spacial score (nSPS) is 24.6. The second kappa shape index (κ2) is 7.36. The molecule has 1 aliphatic heterocycles. The third-order valence-corrected chi connectivity index (χ3v) is 3.40. The lowest BCUT2D eigenvalue weighted by molar-refractivity contribution is -0.120. The summed E-state index contributed by atoms with van der Waals surface area (Å²) in [7, 11) is 0. The summed E-state index contributed by atoms with van der Waals surface area (Å²) in [6.07, 6.45) is 2.19. The van der Waals surface area contributed by atoms with Crippen molar-refractivity contribution in [3.05, 3.63) is 0 Å². The number of hydrogen-bond donors (Lipinski definition) is 2. The molecule has 0 spiro atoms. The molecule has 0 bridgehead atoms. The molecule has 2 N–H and O–H groups in total. The minimum atomic E-state index is 0.0115. The van der Waals surface area contributed by atoms with E-state index in [2.05, 4.69) is 22.5 Å². The van der Waals surface area contributed by atoms with E-state index in [1.807, 2.05) is 0 Å². The van der Waals surface area contributed by atoms with Crippen LogP contribution >= 0.6 is 0 Å². The Labute approximate surface area is 109 Å². The van der Waals surface area contributed by atoms with Gasteiger partial charge in [0.25, 0.3) is 0 Å². The summed E-state index contributed by atoms with van der Waals surface area (Å²) in [6, 6.07) is 0.249. The van der Waals surface area contributed by atoms with Crippen LogP contribution in [0.15, 0.2) is 0 Å². The first-order valence-electron chi connectivity index (χ1n) is 6.75. The van der Waals surface area contributed by atoms with E-state index in [-0.39, 0.29) is 17.9 Å². The molecule has 2 unspecified atom stereocenters. The summed E-state index contributed by atoms with van der Waals surface area (Å²) in [5, 5.41) is 5.82. The average molecular weight is 255 g/mol. The molecule has 5 nitrogen and oxygen atoms in total. The quantitative estimate of drug-likeness (QED) is 0.745. The van der Waals surface area contributed by atoms with Crippen LogP contribution in [-0.2, 0) is 9.59 Å². The molecule has 0 saturated carbocycles. The van der Waals surface area contributed by atoms with Gasteiger partial charge in [-0.25, -0.2) is 0 Å². The monoisotopic (exact) mass is 255 g/mol. The van der Waals surface area contributed by atoms with Crippen LogP contribution in [0.5, 0.6) is 0 Å². The van der Waals surface area contributed by atoms with Gasteiger partial charge in [-0.1, -0.05) is 13.3 Å². The maximum atomic E-state index is 11.1. The third kappa shape index (κ3) is 5.49. The minimum absolute atomic E-state index is 0.0115. The predicted octanol–water partition coefficient (Wildman–Crippen LogP) is 0.359. The van der Waals surface area contributed by atoms with Crippen molar-refractivity contribution in [2.24, 2.45) is 5.92 Å². The largest absolute Gasteiger partial charge is 0.355 e. The highest BCUT2D eigenvalue weighted by Crippen LogP contribution is 2.19. The fraction of sp³-hybridized carbons (Fsp3) is 0.846. The number of carbonyl (C=O) groups is 2. The Hall–Kier alpha value is -1.10. The molecular weight excluding hydrogens is 230 g/mol. The lowest BCUT2D eigenvalue weighted by Crippen LogP contribution is -2.51. The van der Waals surface area contributed by atoms with Crippen molar-refractivity contribution >= 4 is 11.8 Å². The van der Waals surface area contributed by atoms with Crippen LogP contribution in [0, 0.1) is 5.92 Å². The molecule has 104 valence electrons. The lowest BCUT2D eigenvalue weighted by atomic mass is 9.92. The van der Waals surface area contributed by atoms with Gasteiger partial charge in [0.1, 0.15) is 0 Å². The summed E-state index contributed by atoms with van der Waals surface area (Å²) in [5.74, 6) is 0.684. The van der Waals surface area contributed by atoms with E-state index >= 15 is 0 Å². The van der Waals surface area contributed by atoms with E-state index in [1.165, 1.54) is 6.92 Å². The topological polar surface area (TPSA) is 61.4 Å². The molecule has 2 atom stereocenters. The highest BCUT2D eigenvalue weighted by molar-refractivity contribution is 5.73. The van der Waals surface area contributed by atoms with Crippen LogP contribution in [0.4, 0.5) is 0 Å². The Balaban J connectivity index is 2.41. The summed E-state index contributed by atoms with van der Waals surface area (Å²) in [5.41, 5.74) is 0. The summed E-state index contributed by atoms with van der Waals surface area (Å²) in [6.45, 7) is 8.77. The maximum Gasteiger partial charge on any atom is 0.217 e. The van der Waals surface area contributed by atoms with Gasteiger partial charge in [-0.05, 0) is 12.3 Å². The van der Waals surface area contributed by atoms with E-state index in [4.69, 9.17) is 0 Å². The van der Waals surface area contributed by atoms with Gasteiger partial charge in [0.15, 0.2) is 0 Å². The number of hydrogen-bond acceptors (Lipinski definition) is 3. The van der Waals surface area contributed by atoms with Crippen molar-refractivity contribution in [3.8, 4) is 0 Å². The minimum Gasteiger partial charge on any atom is -0.355 e. The van der Waals surface area contributed by atoms with Crippen LogP contribution in [-0.4, -0.2) is 48.9 Å². The van der Waals surface area contributed by atoms with E-state index in [9.17, 15) is 9.59 Å². The van der Waals surface area contributed by atoms with Crippen molar-refractivity contribution in [1.82, 2.24) is 15.5 Å². The molecule has 1 aliphatic rings. The smallest absolute Gasteiger partial charge is 0.217 e. The van der Waals surface area contributed by atoms with Crippen LogP contribution in [0.1, 0.15) is 33.6 Å². The highest BCUT2D eigenvalue weighted by atomic mass is 16.2. The van der Waals surface area contributed by atoms with Gasteiger partial charge in [-0.15, -0.1) is 0 Å². The second-order valence-electron chi connectivity index (χ2n) is 5.15. The SMILES string of the molecule is CCC1CC(NC(C)=O)CN(CCNC(C)=O)C1. The lowest BCUT2D eigenvalue weighted by Gasteiger charge is -2.37. The number of nitrogens with one attached hydrogen (secondary N) is 2. The van der Waals surface area contributed by atoms with E-state index < -0.39 is 0 Å².